The highest BCUT2D eigenvalue weighted by atomic mass is 16.2. The molecule has 6 nitrogen and oxygen atoms in total. The summed E-state index contributed by atoms with van der Waals surface area (Å²) in [5, 5.41) is 6.54. The smallest absolute Gasteiger partial charge is 0.257 e. The van der Waals surface area contributed by atoms with Gasteiger partial charge in [0.05, 0.1) is 22.3 Å². The number of hydrogen-bond acceptors (Lipinski definition) is 4. The van der Waals surface area contributed by atoms with Crippen molar-refractivity contribution in [1.82, 2.24) is 15.3 Å². The van der Waals surface area contributed by atoms with Gasteiger partial charge in [-0.1, -0.05) is 25.1 Å². The van der Waals surface area contributed by atoms with Gasteiger partial charge in [0.15, 0.2) is 0 Å². The number of benzene rings is 1. The first-order chi connectivity index (χ1) is 12.2. The molecular formula is C19H18N4O2. The Morgan fingerprint density at radius 2 is 1.80 bits per heavy atom. The minimum atomic E-state index is -0.337. The van der Waals surface area contributed by atoms with Gasteiger partial charge in [0.1, 0.15) is 0 Å². The summed E-state index contributed by atoms with van der Waals surface area (Å²) in [6, 6.07) is 10.9. The van der Waals surface area contributed by atoms with Crippen LogP contribution < -0.4 is 10.6 Å². The summed E-state index contributed by atoms with van der Waals surface area (Å²) < 4.78 is 0. The lowest BCUT2D eigenvalue weighted by Gasteiger charge is -2.09. The average molecular weight is 334 g/mol. The summed E-state index contributed by atoms with van der Waals surface area (Å²) in [5.74, 6) is -0.577. The van der Waals surface area contributed by atoms with Gasteiger partial charge in [0, 0.05) is 30.5 Å². The molecule has 2 heterocycles. The molecule has 3 rings (SSSR count). The molecule has 2 N–H and O–H groups in total. The third-order valence-electron chi connectivity index (χ3n) is 3.68. The van der Waals surface area contributed by atoms with E-state index in [1.807, 2.05) is 31.2 Å². The van der Waals surface area contributed by atoms with Gasteiger partial charge in [0.2, 0.25) is 0 Å². The molecule has 0 saturated heterocycles. The predicted molar refractivity (Wildman–Crippen MR) is 96.6 cm³/mol. The Labute approximate surface area is 145 Å². The first-order valence-electron chi connectivity index (χ1n) is 8.07. The molecule has 0 unspecified atom stereocenters. The van der Waals surface area contributed by atoms with E-state index in [1.54, 1.807) is 12.3 Å². The maximum atomic E-state index is 12.5. The molecule has 1 aromatic carbocycles. The summed E-state index contributed by atoms with van der Waals surface area (Å²) >= 11 is 0. The Kier molecular flexibility index (Phi) is 4.99. The third kappa shape index (κ3) is 3.80. The largest absolute Gasteiger partial charge is 0.352 e. The van der Waals surface area contributed by atoms with Crippen molar-refractivity contribution in [2.45, 2.75) is 13.3 Å². The maximum Gasteiger partial charge on any atom is 0.257 e. The van der Waals surface area contributed by atoms with Gasteiger partial charge in [-0.3, -0.25) is 19.6 Å². The highest BCUT2D eigenvalue weighted by Crippen LogP contribution is 2.21. The van der Waals surface area contributed by atoms with Gasteiger partial charge < -0.3 is 10.6 Å². The van der Waals surface area contributed by atoms with Crippen LogP contribution in [0.4, 0.5) is 5.69 Å². The van der Waals surface area contributed by atoms with Gasteiger partial charge in [-0.05, 0) is 24.6 Å². The Morgan fingerprint density at radius 1 is 1.04 bits per heavy atom. The van der Waals surface area contributed by atoms with E-state index >= 15 is 0 Å². The molecule has 126 valence electrons. The van der Waals surface area contributed by atoms with Crippen LogP contribution in [0.5, 0.6) is 0 Å². The molecule has 0 aliphatic rings. The summed E-state index contributed by atoms with van der Waals surface area (Å²) in [7, 11) is 0. The lowest BCUT2D eigenvalue weighted by Crippen LogP contribution is -2.24. The number of fused-ring (bicyclic) bond motifs is 1. The fourth-order valence-corrected chi connectivity index (χ4v) is 2.43. The second kappa shape index (κ2) is 7.53. The predicted octanol–water partition coefficient (Wildman–Crippen LogP) is 3.02. The van der Waals surface area contributed by atoms with Crippen LogP contribution in [-0.2, 0) is 0 Å². The van der Waals surface area contributed by atoms with Crippen LogP contribution in [0.25, 0.3) is 10.9 Å². The van der Waals surface area contributed by atoms with Crippen LogP contribution in [0.15, 0.2) is 55.0 Å². The molecule has 0 aliphatic carbocycles. The van der Waals surface area contributed by atoms with Gasteiger partial charge in [0.25, 0.3) is 11.8 Å². The van der Waals surface area contributed by atoms with E-state index in [1.165, 1.54) is 18.5 Å². The molecule has 0 bridgehead atoms. The van der Waals surface area contributed by atoms with Crippen LogP contribution in [0.3, 0.4) is 0 Å². The van der Waals surface area contributed by atoms with Gasteiger partial charge in [-0.2, -0.15) is 0 Å². The highest BCUT2D eigenvalue weighted by Gasteiger charge is 2.12. The quantitative estimate of drug-likeness (QED) is 0.751. The highest BCUT2D eigenvalue weighted by molar-refractivity contribution is 6.09. The van der Waals surface area contributed by atoms with Crippen molar-refractivity contribution < 1.29 is 9.59 Å². The SMILES string of the molecule is CCCNC(=O)c1cncc(C(=O)Nc2cccc3cccnc23)c1. The van der Waals surface area contributed by atoms with Crippen molar-refractivity contribution in [3.8, 4) is 0 Å². The van der Waals surface area contributed by atoms with Crippen LogP contribution in [0.2, 0.25) is 0 Å². The standard InChI is InChI=1S/C19H18N4O2/c1-2-8-22-18(24)14-10-15(12-20-11-14)19(25)23-16-7-3-5-13-6-4-9-21-17(13)16/h3-7,9-12H,2,8H2,1H3,(H,22,24)(H,23,25). The molecule has 0 aliphatic heterocycles. The molecule has 0 radical (unpaired) electrons. The Bertz CT molecular complexity index is 919. The Balaban J connectivity index is 1.82. The molecule has 0 fully saturated rings. The number of nitrogens with one attached hydrogen (secondary N) is 2. The van der Waals surface area contributed by atoms with Crippen LogP contribution in [-0.4, -0.2) is 28.3 Å². The van der Waals surface area contributed by atoms with Crippen LogP contribution in [0, 0.1) is 0 Å². The number of anilines is 1. The monoisotopic (exact) mass is 334 g/mol. The lowest BCUT2D eigenvalue weighted by molar-refractivity contribution is 0.0953. The normalized spacial score (nSPS) is 10.4. The van der Waals surface area contributed by atoms with Crippen molar-refractivity contribution in [2.75, 3.05) is 11.9 Å². The molecule has 3 aromatic rings. The zero-order valence-electron chi connectivity index (χ0n) is 13.8. The molecular weight excluding hydrogens is 316 g/mol. The molecule has 2 aromatic heterocycles. The Morgan fingerprint density at radius 3 is 2.60 bits per heavy atom. The van der Waals surface area contributed by atoms with Crippen molar-refractivity contribution in [2.24, 2.45) is 0 Å². The topological polar surface area (TPSA) is 84.0 Å². The van der Waals surface area contributed by atoms with E-state index in [2.05, 4.69) is 20.6 Å². The first kappa shape index (κ1) is 16.6. The maximum absolute atomic E-state index is 12.5. The molecule has 0 atom stereocenters. The number of carbonyl (C=O) groups is 2. The lowest BCUT2D eigenvalue weighted by atomic mass is 10.1. The second-order valence-corrected chi connectivity index (χ2v) is 5.55. The van der Waals surface area contributed by atoms with E-state index in [0.29, 0.717) is 28.9 Å². The zero-order valence-corrected chi connectivity index (χ0v) is 13.8. The number of amides is 2. The number of aromatic nitrogens is 2. The fraction of sp³-hybridized carbons (Fsp3) is 0.158. The van der Waals surface area contributed by atoms with Gasteiger partial charge >= 0.3 is 0 Å². The zero-order chi connectivity index (χ0) is 17.6. The number of rotatable bonds is 5. The molecule has 2 amide bonds. The Hall–Kier alpha value is -3.28. The number of nitrogens with zero attached hydrogens (tertiary/aromatic N) is 2. The number of para-hydroxylation sites is 1. The van der Waals surface area contributed by atoms with E-state index in [0.717, 1.165) is 11.8 Å². The second-order valence-electron chi connectivity index (χ2n) is 5.55. The number of pyridine rings is 2. The third-order valence-corrected chi connectivity index (χ3v) is 3.68. The number of carbonyl (C=O) groups excluding carboxylic acids is 2. The molecule has 0 spiro atoms. The van der Waals surface area contributed by atoms with Gasteiger partial charge in [-0.15, -0.1) is 0 Å². The first-order valence-corrected chi connectivity index (χ1v) is 8.07. The summed E-state index contributed by atoms with van der Waals surface area (Å²) in [6.45, 7) is 2.55. The van der Waals surface area contributed by atoms with Crippen molar-refractivity contribution in [1.29, 1.82) is 0 Å². The van der Waals surface area contributed by atoms with Crippen molar-refractivity contribution in [3.05, 3.63) is 66.1 Å². The van der Waals surface area contributed by atoms with E-state index in [9.17, 15) is 9.59 Å². The molecule has 0 saturated carbocycles. The fourth-order valence-electron chi connectivity index (χ4n) is 2.43. The van der Waals surface area contributed by atoms with Crippen molar-refractivity contribution in [3.63, 3.8) is 0 Å². The van der Waals surface area contributed by atoms with Crippen LogP contribution >= 0.6 is 0 Å². The van der Waals surface area contributed by atoms with E-state index in [-0.39, 0.29) is 11.8 Å². The average Bonchev–Trinajstić information content (AvgIpc) is 2.66. The minimum absolute atomic E-state index is 0.240. The van der Waals surface area contributed by atoms with Crippen molar-refractivity contribution >= 4 is 28.4 Å². The summed E-state index contributed by atoms with van der Waals surface area (Å²) in [6.07, 6.45) is 5.40. The summed E-state index contributed by atoms with van der Waals surface area (Å²) in [5.41, 5.74) is 2.00. The molecule has 25 heavy (non-hydrogen) atoms. The minimum Gasteiger partial charge on any atom is -0.352 e. The number of hydrogen-bond donors (Lipinski definition) is 2. The summed E-state index contributed by atoms with van der Waals surface area (Å²) in [4.78, 5) is 32.9. The molecule has 6 heteroatoms. The van der Waals surface area contributed by atoms with E-state index < -0.39 is 0 Å². The van der Waals surface area contributed by atoms with Gasteiger partial charge in [-0.25, -0.2) is 0 Å². The van der Waals surface area contributed by atoms with Crippen LogP contribution in [0.1, 0.15) is 34.1 Å². The van der Waals surface area contributed by atoms with E-state index in [4.69, 9.17) is 0 Å².